The van der Waals surface area contributed by atoms with Gasteiger partial charge in [-0.15, -0.1) is 0 Å². The number of carbonyl (C=O) groups is 2. The normalized spacial score (nSPS) is 10.1. The van der Waals surface area contributed by atoms with Crippen LogP contribution < -0.4 is 5.32 Å². The van der Waals surface area contributed by atoms with Crippen molar-refractivity contribution in [3.05, 3.63) is 23.8 Å². The molecule has 3 N–H and O–H groups in total. The van der Waals surface area contributed by atoms with Crippen LogP contribution in [0.4, 0.5) is 10.5 Å². The van der Waals surface area contributed by atoms with Crippen LogP contribution in [-0.4, -0.2) is 40.2 Å². The van der Waals surface area contributed by atoms with Crippen LogP contribution in [0.5, 0.6) is 5.75 Å². The Morgan fingerprint density at radius 3 is 2.25 bits per heavy atom. The van der Waals surface area contributed by atoms with Gasteiger partial charge in [-0.25, -0.2) is 9.59 Å². The quantitative estimate of drug-likeness (QED) is 0.699. The number of hydrogen-bond acceptors (Lipinski definition) is 3. The molecule has 0 aromatic heterocycles. The number of phenolic OH excluding ortho intramolecular Hbond substituents is 1. The van der Waals surface area contributed by atoms with Crippen molar-refractivity contribution in [3.8, 4) is 5.75 Å². The van der Waals surface area contributed by atoms with Crippen molar-refractivity contribution >= 4 is 17.7 Å². The predicted octanol–water partition coefficient (Wildman–Crippen LogP) is 2.74. The minimum atomic E-state index is -1.13. The molecule has 2 amide bonds. The second kappa shape index (κ2) is 7.37. The second-order valence-electron chi connectivity index (χ2n) is 4.45. The maximum atomic E-state index is 12.1. The molecular weight excluding hydrogens is 260 g/mol. The number of carboxylic acids is 1. The van der Waals surface area contributed by atoms with Crippen LogP contribution in [0.1, 0.15) is 37.0 Å². The van der Waals surface area contributed by atoms with Gasteiger partial charge < -0.3 is 20.4 Å². The van der Waals surface area contributed by atoms with Crippen LogP contribution in [0.3, 0.4) is 0 Å². The molecule has 0 spiro atoms. The van der Waals surface area contributed by atoms with Crippen molar-refractivity contribution in [2.45, 2.75) is 26.7 Å². The monoisotopic (exact) mass is 280 g/mol. The lowest BCUT2D eigenvalue weighted by Crippen LogP contribution is -2.36. The van der Waals surface area contributed by atoms with E-state index in [0.717, 1.165) is 18.9 Å². The van der Waals surface area contributed by atoms with Gasteiger partial charge >= 0.3 is 12.0 Å². The van der Waals surface area contributed by atoms with Crippen LogP contribution in [0.2, 0.25) is 0 Å². The predicted molar refractivity (Wildman–Crippen MR) is 76.2 cm³/mol. The molecule has 0 aliphatic heterocycles. The van der Waals surface area contributed by atoms with E-state index < -0.39 is 5.97 Å². The number of hydrogen-bond donors (Lipinski definition) is 3. The molecule has 1 aromatic rings. The van der Waals surface area contributed by atoms with Gasteiger partial charge in [-0.2, -0.15) is 0 Å². The van der Waals surface area contributed by atoms with Gasteiger partial charge in [0.1, 0.15) is 5.75 Å². The summed E-state index contributed by atoms with van der Waals surface area (Å²) in [4.78, 5) is 24.5. The maximum absolute atomic E-state index is 12.1. The first-order valence-corrected chi connectivity index (χ1v) is 6.61. The van der Waals surface area contributed by atoms with Gasteiger partial charge in [-0.05, 0) is 31.0 Å². The van der Waals surface area contributed by atoms with Crippen LogP contribution in [-0.2, 0) is 0 Å². The largest absolute Gasteiger partial charge is 0.506 e. The number of nitrogens with one attached hydrogen (secondary N) is 1. The standard InChI is InChI=1S/C14H20N2O4/c1-3-7-16(8-4-2)14(20)15-11-6-5-10(13(18)19)9-12(11)17/h5-6,9,17H,3-4,7-8H2,1-2H3,(H,15,20)(H,18,19). The molecule has 6 nitrogen and oxygen atoms in total. The van der Waals surface area contributed by atoms with Crippen molar-refractivity contribution in [2.24, 2.45) is 0 Å². The highest BCUT2D eigenvalue weighted by Gasteiger charge is 2.14. The summed E-state index contributed by atoms with van der Waals surface area (Å²) < 4.78 is 0. The van der Waals surface area contributed by atoms with E-state index in [1.807, 2.05) is 13.8 Å². The summed E-state index contributed by atoms with van der Waals surface area (Å²) in [5.41, 5.74) is 0.177. The molecule has 0 fully saturated rings. The Kier molecular flexibility index (Phi) is 5.83. The zero-order valence-corrected chi connectivity index (χ0v) is 11.7. The van der Waals surface area contributed by atoms with Crippen molar-refractivity contribution < 1.29 is 19.8 Å². The highest BCUT2D eigenvalue weighted by Crippen LogP contribution is 2.24. The van der Waals surface area contributed by atoms with Gasteiger partial charge in [-0.3, -0.25) is 0 Å². The topological polar surface area (TPSA) is 89.9 Å². The Morgan fingerprint density at radius 2 is 1.80 bits per heavy atom. The fraction of sp³-hybridized carbons (Fsp3) is 0.429. The number of carbonyl (C=O) groups excluding carboxylic acids is 1. The Balaban J connectivity index is 2.81. The second-order valence-corrected chi connectivity index (χ2v) is 4.45. The fourth-order valence-corrected chi connectivity index (χ4v) is 1.82. The highest BCUT2D eigenvalue weighted by molar-refractivity contribution is 5.93. The minimum absolute atomic E-state index is 0.0283. The first-order chi connectivity index (χ1) is 9.49. The molecule has 0 aliphatic rings. The molecule has 0 aliphatic carbocycles. The van der Waals surface area contributed by atoms with Crippen molar-refractivity contribution in [3.63, 3.8) is 0 Å². The van der Waals surface area contributed by atoms with E-state index in [4.69, 9.17) is 5.11 Å². The van der Waals surface area contributed by atoms with Gasteiger partial charge in [0.05, 0.1) is 11.3 Å². The number of amides is 2. The molecular formula is C14H20N2O4. The Bertz CT molecular complexity index is 482. The number of benzene rings is 1. The summed E-state index contributed by atoms with van der Waals surface area (Å²) in [5, 5.41) is 21.1. The van der Waals surface area contributed by atoms with Crippen molar-refractivity contribution in [1.82, 2.24) is 4.90 Å². The number of rotatable bonds is 6. The zero-order chi connectivity index (χ0) is 15.1. The average molecular weight is 280 g/mol. The molecule has 0 saturated carbocycles. The molecule has 0 saturated heterocycles. The van der Waals surface area contributed by atoms with E-state index in [2.05, 4.69) is 5.32 Å². The third kappa shape index (κ3) is 4.15. The lowest BCUT2D eigenvalue weighted by Gasteiger charge is -2.22. The number of aromatic carboxylic acids is 1. The van der Waals surface area contributed by atoms with E-state index >= 15 is 0 Å². The van der Waals surface area contributed by atoms with E-state index in [9.17, 15) is 14.7 Å². The lowest BCUT2D eigenvalue weighted by atomic mass is 10.2. The number of carboxylic acid groups (broad SMARTS) is 1. The molecule has 0 atom stereocenters. The number of anilines is 1. The van der Waals surface area contributed by atoms with Gasteiger partial charge in [0.2, 0.25) is 0 Å². The summed E-state index contributed by atoms with van der Waals surface area (Å²) in [6.45, 7) is 5.23. The fourth-order valence-electron chi connectivity index (χ4n) is 1.82. The molecule has 0 bridgehead atoms. The third-order valence-electron chi connectivity index (χ3n) is 2.76. The number of nitrogens with zero attached hydrogens (tertiary/aromatic N) is 1. The van der Waals surface area contributed by atoms with Crippen molar-refractivity contribution in [1.29, 1.82) is 0 Å². The molecule has 6 heteroatoms. The first-order valence-electron chi connectivity index (χ1n) is 6.61. The maximum Gasteiger partial charge on any atom is 0.335 e. The number of urea groups is 1. The summed E-state index contributed by atoms with van der Waals surface area (Å²) in [6.07, 6.45) is 1.69. The number of phenols is 1. The van der Waals surface area contributed by atoms with Crippen LogP contribution in [0.25, 0.3) is 0 Å². The Hall–Kier alpha value is -2.24. The minimum Gasteiger partial charge on any atom is -0.506 e. The third-order valence-corrected chi connectivity index (χ3v) is 2.76. The molecule has 0 radical (unpaired) electrons. The summed E-state index contributed by atoms with van der Waals surface area (Å²) in [7, 11) is 0. The van der Waals surface area contributed by atoms with Gasteiger partial charge in [-0.1, -0.05) is 13.8 Å². The summed E-state index contributed by atoms with van der Waals surface area (Å²) in [6, 6.07) is 3.53. The van der Waals surface area contributed by atoms with E-state index in [1.165, 1.54) is 12.1 Å². The highest BCUT2D eigenvalue weighted by atomic mass is 16.4. The van der Waals surface area contributed by atoms with E-state index in [1.54, 1.807) is 4.90 Å². The van der Waals surface area contributed by atoms with Crippen molar-refractivity contribution in [2.75, 3.05) is 18.4 Å². The number of aromatic hydroxyl groups is 1. The molecule has 0 heterocycles. The molecule has 110 valence electrons. The molecule has 20 heavy (non-hydrogen) atoms. The SMILES string of the molecule is CCCN(CCC)C(=O)Nc1ccc(C(=O)O)cc1O. The first kappa shape index (κ1) is 15.8. The Labute approximate surface area is 118 Å². The summed E-state index contributed by atoms with van der Waals surface area (Å²) >= 11 is 0. The lowest BCUT2D eigenvalue weighted by molar-refractivity contribution is 0.0696. The molecule has 1 aromatic carbocycles. The van der Waals surface area contributed by atoms with Crippen LogP contribution >= 0.6 is 0 Å². The average Bonchev–Trinajstić information content (AvgIpc) is 2.40. The van der Waals surface area contributed by atoms with Crippen LogP contribution in [0.15, 0.2) is 18.2 Å². The molecule has 0 unspecified atom stereocenters. The van der Waals surface area contributed by atoms with E-state index in [0.29, 0.717) is 13.1 Å². The smallest absolute Gasteiger partial charge is 0.335 e. The Morgan fingerprint density at radius 1 is 1.20 bits per heavy atom. The van der Waals surface area contributed by atoms with Gasteiger partial charge in [0.15, 0.2) is 0 Å². The van der Waals surface area contributed by atoms with Crippen LogP contribution in [0, 0.1) is 0 Å². The van der Waals surface area contributed by atoms with Gasteiger partial charge in [0, 0.05) is 13.1 Å². The van der Waals surface area contributed by atoms with Gasteiger partial charge in [0.25, 0.3) is 0 Å². The van der Waals surface area contributed by atoms with E-state index in [-0.39, 0.29) is 23.0 Å². The zero-order valence-electron chi connectivity index (χ0n) is 11.7. The summed E-state index contributed by atoms with van der Waals surface area (Å²) in [5.74, 6) is -1.39. The molecule has 1 rings (SSSR count).